The number of alkyl halides is 6. The molecule has 0 saturated carbocycles. The first-order valence-corrected chi connectivity index (χ1v) is 7.91. The van der Waals surface area contributed by atoms with Crippen LogP contribution in [0.5, 0.6) is 5.75 Å². The van der Waals surface area contributed by atoms with Crippen molar-refractivity contribution >= 4 is 23.0 Å². The van der Waals surface area contributed by atoms with Gasteiger partial charge in [0.1, 0.15) is 12.3 Å². The van der Waals surface area contributed by atoms with Crippen LogP contribution >= 0.6 is 11.6 Å². The fourth-order valence-electron chi connectivity index (χ4n) is 2.59. The Hall–Kier alpha value is -2.66. The predicted molar refractivity (Wildman–Crippen MR) is 87.8 cm³/mol. The second-order valence-electron chi connectivity index (χ2n) is 5.79. The van der Waals surface area contributed by atoms with E-state index in [2.05, 4.69) is 5.43 Å². The van der Waals surface area contributed by atoms with Crippen LogP contribution in [0.1, 0.15) is 16.7 Å². The molecule has 28 heavy (non-hydrogen) atoms. The highest BCUT2D eigenvalue weighted by molar-refractivity contribution is 6.30. The highest BCUT2D eigenvalue weighted by atomic mass is 35.5. The van der Waals surface area contributed by atoms with Crippen LogP contribution in [0.2, 0.25) is 5.02 Å². The number of benzene rings is 2. The van der Waals surface area contributed by atoms with E-state index < -0.39 is 34.8 Å². The minimum atomic E-state index is -5.04. The molecule has 0 aromatic heterocycles. The van der Waals surface area contributed by atoms with Gasteiger partial charge in [0.05, 0.1) is 11.1 Å². The number of nitrogens with one attached hydrogen (secondary N) is 1. The van der Waals surface area contributed by atoms with Crippen LogP contribution in [0.4, 0.5) is 32.0 Å². The molecule has 0 atom stereocenters. The van der Waals surface area contributed by atoms with Gasteiger partial charge in [0, 0.05) is 10.6 Å². The van der Waals surface area contributed by atoms with Crippen LogP contribution in [-0.4, -0.2) is 22.2 Å². The standard InChI is InChI=1S/C16H10ClF6N3O2/c17-11-1-2-14(27)12(6-11)25-24-7-13(26(25)28)8-3-9(15(18,19)20)5-10(4-8)16(21,22)23/h1-6,24,27H,7H2. The summed E-state index contributed by atoms with van der Waals surface area (Å²) in [6, 6.07) is 4.60. The quantitative estimate of drug-likeness (QED) is 0.427. The Labute approximate surface area is 158 Å². The van der Waals surface area contributed by atoms with Gasteiger partial charge in [-0.25, -0.2) is 0 Å². The largest absolute Gasteiger partial charge is 0.595 e. The fraction of sp³-hybridized carbons (Fsp3) is 0.188. The Morgan fingerprint density at radius 1 is 1.00 bits per heavy atom. The van der Waals surface area contributed by atoms with Crippen molar-refractivity contribution in [1.29, 1.82) is 0 Å². The SMILES string of the molecule is [O-][N+]1=C(c2cc(C(F)(F)F)cc(C(F)(F)F)c2)CNN1c1cc(Cl)ccc1O. The molecule has 5 nitrogen and oxygen atoms in total. The lowest BCUT2D eigenvalue weighted by Crippen LogP contribution is -2.36. The van der Waals surface area contributed by atoms with Gasteiger partial charge >= 0.3 is 12.4 Å². The monoisotopic (exact) mass is 425 g/mol. The molecule has 12 heteroatoms. The summed E-state index contributed by atoms with van der Waals surface area (Å²) in [5.41, 5.74) is -1.69. The number of hydrazine groups is 2. The van der Waals surface area contributed by atoms with Gasteiger partial charge in [0.25, 0.3) is 0 Å². The molecule has 0 spiro atoms. The minimum Gasteiger partial charge on any atom is -0.595 e. The number of hydrogen-bond donors (Lipinski definition) is 2. The van der Waals surface area contributed by atoms with Gasteiger partial charge in [-0.1, -0.05) is 21.6 Å². The highest BCUT2D eigenvalue weighted by Gasteiger charge is 2.39. The summed E-state index contributed by atoms with van der Waals surface area (Å²) in [6.45, 7) is -0.381. The predicted octanol–water partition coefficient (Wildman–Crippen LogP) is 4.32. The van der Waals surface area contributed by atoms with Gasteiger partial charge in [-0.2, -0.15) is 31.8 Å². The highest BCUT2D eigenvalue weighted by Crippen LogP contribution is 2.37. The maximum Gasteiger partial charge on any atom is 0.416 e. The summed E-state index contributed by atoms with van der Waals surface area (Å²) in [4.78, 5) is 0.0566. The smallest absolute Gasteiger partial charge is 0.416 e. The van der Waals surface area contributed by atoms with Crippen LogP contribution in [0.15, 0.2) is 36.4 Å². The topological polar surface area (TPSA) is 61.6 Å². The van der Waals surface area contributed by atoms with Crippen LogP contribution in [0, 0.1) is 5.21 Å². The Morgan fingerprint density at radius 2 is 1.57 bits per heavy atom. The van der Waals surface area contributed by atoms with E-state index in [4.69, 9.17) is 11.6 Å². The number of phenols is 1. The number of rotatable bonds is 2. The van der Waals surface area contributed by atoms with Crippen LogP contribution < -0.4 is 10.5 Å². The first-order chi connectivity index (χ1) is 12.9. The molecule has 0 amide bonds. The summed E-state index contributed by atoms with van der Waals surface area (Å²) in [7, 11) is 0. The summed E-state index contributed by atoms with van der Waals surface area (Å²) in [5.74, 6) is -0.376. The maximum atomic E-state index is 13.0. The van der Waals surface area contributed by atoms with Gasteiger partial charge in [-0.3, -0.25) is 0 Å². The molecule has 3 rings (SSSR count). The van der Waals surface area contributed by atoms with Crippen molar-refractivity contribution in [1.82, 2.24) is 5.43 Å². The number of phenolic OH excluding ortho intramolecular Hbond substituents is 1. The average Bonchev–Trinajstić information content (AvgIpc) is 2.96. The van der Waals surface area contributed by atoms with Gasteiger partial charge in [-0.05, 0) is 36.4 Å². The van der Waals surface area contributed by atoms with Crippen LogP contribution in [0.3, 0.4) is 0 Å². The number of nitrogens with zero attached hydrogens (tertiary/aromatic N) is 2. The van der Waals surface area contributed by atoms with E-state index in [1.165, 1.54) is 18.2 Å². The lowest BCUT2D eigenvalue weighted by molar-refractivity contribution is -0.470. The first kappa shape index (κ1) is 20.1. The third kappa shape index (κ3) is 3.80. The minimum absolute atomic E-state index is 0.0256. The molecule has 0 radical (unpaired) electrons. The number of hydrogen-bond acceptors (Lipinski definition) is 4. The van der Waals surface area contributed by atoms with Crippen molar-refractivity contribution in [3.8, 4) is 5.75 Å². The maximum absolute atomic E-state index is 13.0. The zero-order chi connectivity index (χ0) is 20.9. The van der Waals surface area contributed by atoms with Crippen molar-refractivity contribution in [3.63, 3.8) is 0 Å². The first-order valence-electron chi connectivity index (χ1n) is 7.53. The molecule has 2 aromatic rings. The third-order valence-electron chi connectivity index (χ3n) is 3.90. The molecule has 1 aliphatic rings. The fourth-order valence-corrected chi connectivity index (χ4v) is 2.75. The normalized spacial score (nSPS) is 15.5. The number of aromatic hydroxyl groups is 1. The zero-order valence-corrected chi connectivity index (χ0v) is 14.3. The van der Waals surface area contributed by atoms with E-state index in [1.54, 1.807) is 0 Å². The Morgan fingerprint density at radius 3 is 2.11 bits per heavy atom. The molecule has 2 aromatic carbocycles. The number of halogens is 7. The third-order valence-corrected chi connectivity index (χ3v) is 4.13. The van der Waals surface area contributed by atoms with Crippen molar-refractivity contribution in [3.05, 3.63) is 63.3 Å². The molecule has 1 heterocycles. The molecule has 0 fully saturated rings. The summed E-state index contributed by atoms with van der Waals surface area (Å²) >= 11 is 5.80. The van der Waals surface area contributed by atoms with Crippen molar-refractivity contribution in [2.24, 2.45) is 0 Å². The molecular weight excluding hydrogens is 416 g/mol. The summed E-state index contributed by atoms with van der Waals surface area (Å²) in [6.07, 6.45) is -10.1. The molecular formula is C16H10ClF6N3O2. The lowest BCUT2D eigenvalue weighted by atomic mass is 10.0. The molecule has 0 saturated heterocycles. The molecule has 150 valence electrons. The Balaban J connectivity index is 2.12. The average molecular weight is 426 g/mol. The van der Waals surface area contributed by atoms with Crippen molar-refractivity contribution in [2.75, 3.05) is 11.7 Å². The second-order valence-corrected chi connectivity index (χ2v) is 6.23. The van der Waals surface area contributed by atoms with E-state index in [0.29, 0.717) is 12.1 Å². The van der Waals surface area contributed by atoms with Crippen LogP contribution in [-0.2, 0) is 12.4 Å². The molecule has 0 aliphatic carbocycles. The van der Waals surface area contributed by atoms with Crippen molar-refractivity contribution in [2.45, 2.75) is 12.4 Å². The summed E-state index contributed by atoms with van der Waals surface area (Å²) in [5, 5.41) is 23.3. The Bertz CT molecular complexity index is 926. The van der Waals surface area contributed by atoms with E-state index in [1.807, 2.05) is 0 Å². The summed E-state index contributed by atoms with van der Waals surface area (Å²) < 4.78 is 78.1. The zero-order valence-electron chi connectivity index (χ0n) is 13.6. The second kappa shape index (κ2) is 6.74. The van der Waals surface area contributed by atoms with E-state index >= 15 is 0 Å². The molecule has 0 unspecified atom stereocenters. The van der Waals surface area contributed by atoms with E-state index in [0.717, 1.165) is 5.12 Å². The van der Waals surface area contributed by atoms with E-state index in [-0.39, 0.29) is 33.9 Å². The number of anilines is 1. The van der Waals surface area contributed by atoms with Crippen molar-refractivity contribution < 1.29 is 36.3 Å². The van der Waals surface area contributed by atoms with Gasteiger partial charge < -0.3 is 10.3 Å². The van der Waals surface area contributed by atoms with Crippen LogP contribution in [0.25, 0.3) is 0 Å². The molecule has 0 bridgehead atoms. The molecule has 2 N–H and O–H groups in total. The van der Waals surface area contributed by atoms with Gasteiger partial charge in [0.2, 0.25) is 5.71 Å². The van der Waals surface area contributed by atoms with Gasteiger partial charge in [-0.15, -0.1) is 0 Å². The number of hydrazone groups is 1. The molecule has 1 aliphatic heterocycles. The Kier molecular flexibility index (Phi) is 4.84. The van der Waals surface area contributed by atoms with E-state index in [9.17, 15) is 36.7 Å². The lowest BCUT2D eigenvalue weighted by Gasteiger charge is -2.17. The van der Waals surface area contributed by atoms with Gasteiger partial charge in [0.15, 0.2) is 5.69 Å².